The summed E-state index contributed by atoms with van der Waals surface area (Å²) in [4.78, 5) is 0. The van der Waals surface area contributed by atoms with E-state index < -0.39 is 5.38 Å². The van der Waals surface area contributed by atoms with Crippen molar-refractivity contribution in [2.24, 2.45) is 0 Å². The van der Waals surface area contributed by atoms with Crippen molar-refractivity contribution >= 4 is 27.5 Å². The fraction of sp³-hybridized carbons (Fsp3) is 0.294. The van der Waals surface area contributed by atoms with Crippen molar-refractivity contribution in [2.45, 2.75) is 31.6 Å². The van der Waals surface area contributed by atoms with Gasteiger partial charge in [-0.2, -0.15) is 0 Å². The van der Waals surface area contributed by atoms with Gasteiger partial charge in [-0.05, 0) is 38.5 Å². The van der Waals surface area contributed by atoms with Crippen LogP contribution >= 0.6 is 27.5 Å². The van der Waals surface area contributed by atoms with Gasteiger partial charge in [0, 0.05) is 5.56 Å². The Labute approximate surface area is 133 Å². The molecule has 2 aromatic carbocycles. The highest BCUT2D eigenvalue weighted by molar-refractivity contribution is 9.10. The van der Waals surface area contributed by atoms with Crippen molar-refractivity contribution < 1.29 is 4.39 Å². The molecular weight excluding hydrogens is 339 g/mol. The second-order valence-corrected chi connectivity index (χ2v) is 7.17. The lowest BCUT2D eigenvalue weighted by atomic mass is 9.86. The first-order valence-electron chi connectivity index (χ1n) is 6.49. The zero-order chi connectivity index (χ0) is 14.9. The average molecular weight is 356 g/mol. The summed E-state index contributed by atoms with van der Waals surface area (Å²) in [6, 6.07) is 13.2. The highest BCUT2D eigenvalue weighted by Crippen LogP contribution is 2.34. The van der Waals surface area contributed by atoms with Crippen molar-refractivity contribution in [2.75, 3.05) is 0 Å². The van der Waals surface area contributed by atoms with Gasteiger partial charge in [0.15, 0.2) is 0 Å². The molecular formula is C17H17BrClF. The van der Waals surface area contributed by atoms with E-state index in [0.29, 0.717) is 10.0 Å². The first-order chi connectivity index (χ1) is 9.30. The predicted octanol–water partition coefficient (Wildman–Crippen LogP) is 6.21. The van der Waals surface area contributed by atoms with Gasteiger partial charge in [-0.1, -0.05) is 57.2 Å². The zero-order valence-electron chi connectivity index (χ0n) is 11.8. The Hall–Kier alpha value is -0.860. The second-order valence-electron chi connectivity index (χ2n) is 5.88. The van der Waals surface area contributed by atoms with Crippen LogP contribution in [0.3, 0.4) is 0 Å². The molecule has 0 amide bonds. The van der Waals surface area contributed by atoms with E-state index in [1.54, 1.807) is 18.2 Å². The topological polar surface area (TPSA) is 0 Å². The Kier molecular flexibility index (Phi) is 4.55. The van der Waals surface area contributed by atoms with Gasteiger partial charge >= 0.3 is 0 Å². The number of hydrogen-bond donors (Lipinski definition) is 0. The van der Waals surface area contributed by atoms with Gasteiger partial charge in [-0.15, -0.1) is 11.6 Å². The third-order valence-electron chi connectivity index (χ3n) is 3.32. The maximum atomic E-state index is 14.1. The molecule has 0 N–H and O–H groups in total. The van der Waals surface area contributed by atoms with Crippen LogP contribution < -0.4 is 0 Å². The van der Waals surface area contributed by atoms with Crippen LogP contribution in [0.2, 0.25) is 0 Å². The van der Waals surface area contributed by atoms with Crippen molar-refractivity contribution in [3.63, 3.8) is 0 Å². The molecule has 1 atom stereocenters. The normalized spacial score (nSPS) is 13.3. The van der Waals surface area contributed by atoms with Gasteiger partial charge in [0.1, 0.15) is 5.82 Å². The number of hydrogen-bond acceptors (Lipinski definition) is 0. The van der Waals surface area contributed by atoms with Crippen LogP contribution in [-0.2, 0) is 5.41 Å². The Morgan fingerprint density at radius 3 is 2.20 bits per heavy atom. The van der Waals surface area contributed by atoms with Crippen molar-refractivity contribution in [1.29, 1.82) is 0 Å². The van der Waals surface area contributed by atoms with Crippen LogP contribution in [0.4, 0.5) is 4.39 Å². The first-order valence-corrected chi connectivity index (χ1v) is 7.72. The van der Waals surface area contributed by atoms with Crippen molar-refractivity contribution in [3.8, 4) is 0 Å². The lowest BCUT2D eigenvalue weighted by Crippen LogP contribution is -2.11. The van der Waals surface area contributed by atoms with E-state index in [1.165, 1.54) is 5.56 Å². The van der Waals surface area contributed by atoms with E-state index in [2.05, 4.69) is 48.8 Å². The molecule has 0 fully saturated rings. The van der Waals surface area contributed by atoms with E-state index in [1.807, 2.05) is 12.1 Å². The van der Waals surface area contributed by atoms with E-state index in [0.717, 1.165) is 5.56 Å². The van der Waals surface area contributed by atoms with Crippen molar-refractivity contribution in [3.05, 3.63) is 69.4 Å². The van der Waals surface area contributed by atoms with Gasteiger partial charge in [-0.25, -0.2) is 4.39 Å². The lowest BCUT2D eigenvalue weighted by molar-refractivity contribution is 0.589. The number of halogens is 3. The molecule has 0 aromatic heterocycles. The van der Waals surface area contributed by atoms with Gasteiger partial charge in [0.25, 0.3) is 0 Å². The number of alkyl halides is 1. The minimum Gasteiger partial charge on any atom is -0.205 e. The highest BCUT2D eigenvalue weighted by atomic mass is 79.9. The second kappa shape index (κ2) is 5.87. The summed E-state index contributed by atoms with van der Waals surface area (Å²) in [7, 11) is 0. The molecule has 0 aliphatic carbocycles. The first kappa shape index (κ1) is 15.5. The van der Waals surface area contributed by atoms with Gasteiger partial charge < -0.3 is 0 Å². The minimum atomic E-state index is -0.485. The summed E-state index contributed by atoms with van der Waals surface area (Å²) in [5.41, 5.74) is 2.72. The molecule has 0 aliphatic rings. The Morgan fingerprint density at radius 1 is 1.05 bits per heavy atom. The smallest absolute Gasteiger partial charge is 0.142 e. The predicted molar refractivity (Wildman–Crippen MR) is 86.9 cm³/mol. The molecule has 0 nitrogen and oxygen atoms in total. The molecule has 1 unspecified atom stereocenters. The molecule has 20 heavy (non-hydrogen) atoms. The number of rotatable bonds is 2. The van der Waals surface area contributed by atoms with Gasteiger partial charge in [0.2, 0.25) is 0 Å². The molecule has 2 rings (SSSR count). The summed E-state index contributed by atoms with van der Waals surface area (Å²) in [5, 5.41) is -0.485. The fourth-order valence-corrected chi connectivity index (χ4v) is 2.74. The maximum Gasteiger partial charge on any atom is 0.142 e. The Morgan fingerprint density at radius 2 is 1.65 bits per heavy atom. The quantitative estimate of drug-likeness (QED) is 0.561. The SMILES string of the molecule is CC(C)(C)c1ccc(C(Cl)c2cccc(Br)c2F)cc1. The summed E-state index contributed by atoms with van der Waals surface area (Å²) in [5.74, 6) is -0.299. The van der Waals surface area contributed by atoms with E-state index in [9.17, 15) is 4.39 Å². The van der Waals surface area contributed by atoms with Crippen LogP contribution in [0.15, 0.2) is 46.9 Å². The molecule has 106 valence electrons. The molecule has 2 aromatic rings. The maximum absolute atomic E-state index is 14.1. The van der Waals surface area contributed by atoms with Crippen molar-refractivity contribution in [1.82, 2.24) is 0 Å². The van der Waals surface area contributed by atoms with Crippen LogP contribution in [0.5, 0.6) is 0 Å². The van der Waals surface area contributed by atoms with Crippen LogP contribution in [-0.4, -0.2) is 0 Å². The highest BCUT2D eigenvalue weighted by Gasteiger charge is 2.18. The molecule has 0 radical (unpaired) electrons. The summed E-state index contributed by atoms with van der Waals surface area (Å²) in [6.45, 7) is 6.48. The van der Waals surface area contributed by atoms with Crippen LogP contribution in [0.25, 0.3) is 0 Å². The van der Waals surface area contributed by atoms with Crippen LogP contribution in [0.1, 0.15) is 42.8 Å². The monoisotopic (exact) mass is 354 g/mol. The summed E-state index contributed by atoms with van der Waals surface area (Å²) in [6.07, 6.45) is 0. The number of benzene rings is 2. The zero-order valence-corrected chi connectivity index (χ0v) is 14.1. The molecule has 0 heterocycles. The fourth-order valence-electron chi connectivity index (χ4n) is 2.05. The molecule has 0 bridgehead atoms. The van der Waals surface area contributed by atoms with Gasteiger partial charge in [0.05, 0.1) is 9.85 Å². The lowest BCUT2D eigenvalue weighted by Gasteiger charge is -2.20. The molecule has 3 heteroatoms. The molecule has 0 aliphatic heterocycles. The van der Waals surface area contributed by atoms with Crippen LogP contribution in [0, 0.1) is 5.82 Å². The van der Waals surface area contributed by atoms with E-state index >= 15 is 0 Å². The third kappa shape index (κ3) is 3.24. The van der Waals surface area contributed by atoms with Gasteiger partial charge in [-0.3, -0.25) is 0 Å². The largest absolute Gasteiger partial charge is 0.205 e. The standard InChI is InChI=1S/C17H17BrClF/c1-17(2,3)12-9-7-11(8-10-12)15(19)13-5-4-6-14(18)16(13)20/h4-10,15H,1-3H3. The molecule has 0 spiro atoms. The van der Waals surface area contributed by atoms with E-state index in [-0.39, 0.29) is 11.2 Å². The molecule has 0 saturated heterocycles. The van der Waals surface area contributed by atoms with E-state index in [4.69, 9.17) is 11.6 Å². The Bertz CT molecular complexity index is 599. The summed E-state index contributed by atoms with van der Waals surface area (Å²) < 4.78 is 14.5. The average Bonchev–Trinajstić information content (AvgIpc) is 2.40. The Balaban J connectivity index is 2.34. The minimum absolute atomic E-state index is 0.0986. The summed E-state index contributed by atoms with van der Waals surface area (Å²) >= 11 is 9.61. The molecule has 0 saturated carbocycles. The third-order valence-corrected chi connectivity index (χ3v) is 4.42.